The van der Waals surface area contributed by atoms with Crippen LogP contribution in [0.3, 0.4) is 0 Å². The van der Waals surface area contributed by atoms with Gasteiger partial charge in [0, 0.05) is 12.2 Å². The van der Waals surface area contributed by atoms with Crippen LogP contribution in [0, 0.1) is 0 Å². The average molecular weight is 277 g/mol. The Morgan fingerprint density at radius 2 is 1.86 bits per heavy atom. The molecule has 0 aromatic heterocycles. The Morgan fingerprint density at radius 1 is 0.952 bits per heavy atom. The van der Waals surface area contributed by atoms with Gasteiger partial charge in [-0.3, -0.25) is 0 Å². The second-order valence-electron chi connectivity index (χ2n) is 6.51. The van der Waals surface area contributed by atoms with Gasteiger partial charge in [-0.1, -0.05) is 36.4 Å². The zero-order valence-corrected chi connectivity index (χ0v) is 12.6. The van der Waals surface area contributed by atoms with Gasteiger partial charge in [-0.05, 0) is 72.8 Å². The maximum Gasteiger partial charge on any atom is 0.0372 e. The van der Waals surface area contributed by atoms with Crippen LogP contribution in [0.25, 0.3) is 0 Å². The molecule has 4 rings (SSSR count). The van der Waals surface area contributed by atoms with Crippen molar-refractivity contribution in [2.45, 2.75) is 44.4 Å². The highest BCUT2D eigenvalue weighted by Gasteiger charge is 2.20. The van der Waals surface area contributed by atoms with E-state index in [2.05, 4.69) is 47.8 Å². The monoisotopic (exact) mass is 277 g/mol. The maximum atomic E-state index is 3.51. The molecule has 2 aromatic carbocycles. The van der Waals surface area contributed by atoms with Gasteiger partial charge in [-0.25, -0.2) is 0 Å². The van der Waals surface area contributed by atoms with Crippen molar-refractivity contribution in [3.05, 3.63) is 64.7 Å². The Kier molecular flexibility index (Phi) is 3.42. The van der Waals surface area contributed by atoms with Gasteiger partial charge in [-0.15, -0.1) is 0 Å². The van der Waals surface area contributed by atoms with Crippen molar-refractivity contribution in [3.8, 4) is 0 Å². The van der Waals surface area contributed by atoms with Gasteiger partial charge < -0.3 is 5.32 Å². The van der Waals surface area contributed by atoms with E-state index in [0.717, 1.165) is 6.54 Å². The van der Waals surface area contributed by atoms with E-state index in [-0.39, 0.29) is 0 Å². The van der Waals surface area contributed by atoms with Crippen molar-refractivity contribution >= 4 is 5.69 Å². The molecule has 0 saturated carbocycles. The van der Waals surface area contributed by atoms with Gasteiger partial charge in [0.2, 0.25) is 0 Å². The number of aryl methyl sites for hydroxylation is 2. The highest BCUT2D eigenvalue weighted by Crippen LogP contribution is 2.34. The van der Waals surface area contributed by atoms with Gasteiger partial charge in [-0.2, -0.15) is 0 Å². The molecule has 0 bridgehead atoms. The van der Waals surface area contributed by atoms with Gasteiger partial charge in [0.25, 0.3) is 0 Å². The Balaban J connectivity index is 1.59. The highest BCUT2D eigenvalue weighted by molar-refractivity contribution is 5.54. The molecule has 1 aliphatic carbocycles. The predicted octanol–water partition coefficient (Wildman–Crippen LogP) is 4.71. The Morgan fingerprint density at radius 3 is 2.86 bits per heavy atom. The highest BCUT2D eigenvalue weighted by atomic mass is 14.9. The Labute approximate surface area is 127 Å². The summed E-state index contributed by atoms with van der Waals surface area (Å²) in [6.45, 7) is 1.13. The first-order chi connectivity index (χ1) is 10.4. The van der Waals surface area contributed by atoms with E-state index >= 15 is 0 Å². The molecule has 2 aromatic rings. The third kappa shape index (κ3) is 2.57. The van der Waals surface area contributed by atoms with Crippen molar-refractivity contribution in [2.24, 2.45) is 0 Å². The van der Waals surface area contributed by atoms with Crippen molar-refractivity contribution in [1.29, 1.82) is 0 Å². The van der Waals surface area contributed by atoms with Gasteiger partial charge in [0.1, 0.15) is 0 Å². The first kappa shape index (κ1) is 12.9. The van der Waals surface area contributed by atoms with E-state index in [4.69, 9.17) is 0 Å². The lowest BCUT2D eigenvalue weighted by Crippen LogP contribution is -2.14. The normalized spacial score (nSPS) is 20.3. The number of fused-ring (bicyclic) bond motifs is 2. The quantitative estimate of drug-likeness (QED) is 0.838. The first-order valence-corrected chi connectivity index (χ1v) is 8.33. The molecule has 21 heavy (non-hydrogen) atoms. The topological polar surface area (TPSA) is 12.0 Å². The molecule has 0 fully saturated rings. The summed E-state index contributed by atoms with van der Waals surface area (Å²) in [7, 11) is 0. The fourth-order valence-corrected chi connectivity index (χ4v) is 4.01. The van der Waals surface area contributed by atoms with Crippen molar-refractivity contribution in [1.82, 2.24) is 0 Å². The van der Waals surface area contributed by atoms with E-state index in [1.807, 2.05) is 0 Å². The Bertz CT molecular complexity index is 644. The first-order valence-electron chi connectivity index (χ1n) is 8.33. The smallest absolute Gasteiger partial charge is 0.0372 e. The van der Waals surface area contributed by atoms with E-state index in [9.17, 15) is 0 Å². The summed E-state index contributed by atoms with van der Waals surface area (Å²) < 4.78 is 0. The molecule has 1 heterocycles. The third-order valence-corrected chi connectivity index (χ3v) is 5.08. The average Bonchev–Trinajstić information content (AvgIpc) is 2.55. The minimum atomic E-state index is 0.713. The fourth-order valence-electron chi connectivity index (χ4n) is 4.01. The van der Waals surface area contributed by atoms with Gasteiger partial charge in [0.05, 0.1) is 0 Å². The maximum absolute atomic E-state index is 3.51. The minimum absolute atomic E-state index is 0.713. The van der Waals surface area contributed by atoms with Crippen molar-refractivity contribution < 1.29 is 0 Å². The van der Waals surface area contributed by atoms with Crippen LogP contribution in [0.1, 0.15) is 47.4 Å². The van der Waals surface area contributed by atoms with Crippen LogP contribution in [0.5, 0.6) is 0 Å². The molecular weight excluding hydrogens is 254 g/mol. The molecule has 1 heteroatoms. The number of benzene rings is 2. The summed E-state index contributed by atoms with van der Waals surface area (Å²) >= 11 is 0. The molecule has 1 N–H and O–H groups in total. The summed E-state index contributed by atoms with van der Waals surface area (Å²) in [6.07, 6.45) is 7.64. The van der Waals surface area contributed by atoms with Gasteiger partial charge in [0.15, 0.2) is 0 Å². The van der Waals surface area contributed by atoms with Crippen LogP contribution in [0.4, 0.5) is 5.69 Å². The van der Waals surface area contributed by atoms with Crippen LogP contribution in [-0.4, -0.2) is 6.54 Å². The standard InChI is InChI=1S/C20H23N/c1-2-9-19-16(5-1)6-3-7-17(19)13-15-10-11-20-18(14-15)8-4-12-21-20/h1-2,5,9-11,14,17,21H,3-4,6-8,12-13H2. The SMILES string of the molecule is c1ccc2c(c1)CCCC2Cc1ccc2c(c1)CCCN2. The number of anilines is 1. The second kappa shape index (κ2) is 5.55. The second-order valence-corrected chi connectivity index (χ2v) is 6.51. The molecule has 1 unspecified atom stereocenters. The summed E-state index contributed by atoms with van der Waals surface area (Å²) in [5.74, 6) is 0.713. The van der Waals surface area contributed by atoms with Crippen molar-refractivity contribution in [3.63, 3.8) is 0 Å². The van der Waals surface area contributed by atoms with Crippen LogP contribution in [-0.2, 0) is 19.3 Å². The molecule has 1 aliphatic heterocycles. The lowest BCUT2D eigenvalue weighted by molar-refractivity contribution is 0.550. The van der Waals surface area contributed by atoms with Crippen LogP contribution in [0.15, 0.2) is 42.5 Å². The molecule has 0 radical (unpaired) electrons. The largest absolute Gasteiger partial charge is 0.385 e. The molecule has 108 valence electrons. The molecule has 1 nitrogen and oxygen atoms in total. The summed E-state index contributed by atoms with van der Waals surface area (Å²) in [4.78, 5) is 0. The summed E-state index contributed by atoms with van der Waals surface area (Å²) in [6, 6.07) is 16.1. The van der Waals surface area contributed by atoms with Crippen molar-refractivity contribution in [2.75, 3.05) is 11.9 Å². The number of rotatable bonds is 2. The summed E-state index contributed by atoms with van der Waals surface area (Å²) in [5.41, 5.74) is 7.56. The van der Waals surface area contributed by atoms with Crippen LogP contribution in [0.2, 0.25) is 0 Å². The number of nitrogens with one attached hydrogen (secondary N) is 1. The van der Waals surface area contributed by atoms with Gasteiger partial charge >= 0.3 is 0 Å². The van der Waals surface area contributed by atoms with Crippen LogP contribution < -0.4 is 5.32 Å². The zero-order valence-electron chi connectivity index (χ0n) is 12.6. The fraction of sp³-hybridized carbons (Fsp3) is 0.400. The lowest BCUT2D eigenvalue weighted by atomic mass is 9.79. The zero-order chi connectivity index (χ0) is 14.1. The van der Waals surface area contributed by atoms with E-state index in [1.165, 1.54) is 55.3 Å². The number of hydrogen-bond acceptors (Lipinski definition) is 1. The Hall–Kier alpha value is -1.76. The van der Waals surface area contributed by atoms with E-state index in [1.54, 1.807) is 11.1 Å². The van der Waals surface area contributed by atoms with E-state index < -0.39 is 0 Å². The minimum Gasteiger partial charge on any atom is -0.385 e. The molecule has 1 atom stereocenters. The molecule has 2 aliphatic rings. The van der Waals surface area contributed by atoms with E-state index in [0.29, 0.717) is 5.92 Å². The number of hydrogen-bond donors (Lipinski definition) is 1. The lowest BCUT2D eigenvalue weighted by Gasteiger charge is -2.26. The van der Waals surface area contributed by atoms with Crippen LogP contribution >= 0.6 is 0 Å². The molecule has 0 amide bonds. The molecule has 0 saturated heterocycles. The third-order valence-electron chi connectivity index (χ3n) is 5.08. The molecule has 0 spiro atoms. The summed E-state index contributed by atoms with van der Waals surface area (Å²) in [5, 5.41) is 3.51. The molecular formula is C20H23N. The predicted molar refractivity (Wildman–Crippen MR) is 89.1 cm³/mol.